The molecular formula is C21H19N3O4S. The zero-order valence-electron chi connectivity index (χ0n) is 15.5. The molecule has 0 unspecified atom stereocenters. The van der Waals surface area contributed by atoms with Gasteiger partial charge in [0.2, 0.25) is 11.8 Å². The van der Waals surface area contributed by atoms with Crippen molar-refractivity contribution in [3.05, 3.63) is 78.1 Å². The van der Waals surface area contributed by atoms with Crippen molar-refractivity contribution in [2.24, 2.45) is 0 Å². The molecule has 0 radical (unpaired) electrons. The van der Waals surface area contributed by atoms with E-state index in [2.05, 4.69) is 10.0 Å². The second kappa shape index (κ2) is 7.56. The van der Waals surface area contributed by atoms with Gasteiger partial charge in [0.15, 0.2) is 0 Å². The van der Waals surface area contributed by atoms with Crippen molar-refractivity contribution in [3.8, 4) is 5.69 Å². The zero-order valence-corrected chi connectivity index (χ0v) is 16.3. The molecule has 2 aromatic carbocycles. The van der Waals surface area contributed by atoms with Crippen LogP contribution in [0.4, 0.5) is 5.69 Å². The quantitative estimate of drug-likeness (QED) is 0.676. The lowest BCUT2D eigenvalue weighted by atomic mass is 10.0. The number of carbonyl (C=O) groups excluding carboxylic acids is 2. The molecule has 2 amide bonds. The maximum atomic E-state index is 12.6. The standard InChI is InChI=1S/C21H19N3O4S/c25-20-10-5-16-14-18(8-9-19(16)22-20)29(27,28)23-21(26)13-15-3-6-17(7-4-15)24-11-1-2-12-24/h1-4,6-9,11-12,14H,5,10,13H2,(H,22,25)(H,23,26). The molecule has 1 aliphatic heterocycles. The highest BCUT2D eigenvalue weighted by atomic mass is 32.2. The third-order valence-corrected chi connectivity index (χ3v) is 6.11. The number of carbonyl (C=O) groups is 2. The van der Waals surface area contributed by atoms with Gasteiger partial charge < -0.3 is 9.88 Å². The molecule has 0 saturated carbocycles. The Morgan fingerprint density at radius 3 is 2.48 bits per heavy atom. The highest BCUT2D eigenvalue weighted by molar-refractivity contribution is 7.90. The third-order valence-electron chi connectivity index (χ3n) is 4.73. The summed E-state index contributed by atoms with van der Waals surface area (Å²) >= 11 is 0. The van der Waals surface area contributed by atoms with Crippen LogP contribution in [0.25, 0.3) is 5.69 Å². The molecular weight excluding hydrogens is 390 g/mol. The smallest absolute Gasteiger partial charge is 0.264 e. The van der Waals surface area contributed by atoms with Crippen LogP contribution in [0.2, 0.25) is 0 Å². The number of anilines is 1. The van der Waals surface area contributed by atoms with Crippen LogP contribution in [-0.4, -0.2) is 24.8 Å². The first-order valence-electron chi connectivity index (χ1n) is 9.11. The molecule has 0 aliphatic carbocycles. The van der Waals surface area contributed by atoms with Crippen molar-refractivity contribution < 1.29 is 18.0 Å². The van der Waals surface area contributed by atoms with Crippen LogP contribution in [0.3, 0.4) is 0 Å². The molecule has 3 aromatic rings. The summed E-state index contributed by atoms with van der Waals surface area (Å²) in [6, 6.07) is 15.6. The molecule has 148 valence electrons. The van der Waals surface area contributed by atoms with Crippen LogP contribution in [-0.2, 0) is 32.5 Å². The average molecular weight is 409 g/mol. The molecule has 0 atom stereocenters. The number of fused-ring (bicyclic) bond motifs is 1. The lowest BCUT2D eigenvalue weighted by Crippen LogP contribution is -2.32. The van der Waals surface area contributed by atoms with Gasteiger partial charge in [0, 0.05) is 30.2 Å². The van der Waals surface area contributed by atoms with Crippen molar-refractivity contribution >= 4 is 27.5 Å². The molecule has 8 heteroatoms. The number of aromatic nitrogens is 1. The Balaban J connectivity index is 1.44. The summed E-state index contributed by atoms with van der Waals surface area (Å²) in [5, 5.41) is 2.70. The minimum Gasteiger partial charge on any atom is -0.326 e. The minimum absolute atomic E-state index is 0.00343. The van der Waals surface area contributed by atoms with Gasteiger partial charge in [0.25, 0.3) is 10.0 Å². The van der Waals surface area contributed by atoms with Gasteiger partial charge in [-0.15, -0.1) is 0 Å². The van der Waals surface area contributed by atoms with Crippen LogP contribution in [0.1, 0.15) is 17.5 Å². The number of nitrogens with one attached hydrogen (secondary N) is 2. The van der Waals surface area contributed by atoms with Gasteiger partial charge in [-0.05, 0) is 60.0 Å². The fourth-order valence-electron chi connectivity index (χ4n) is 3.25. The average Bonchev–Trinajstić information content (AvgIpc) is 3.22. The Bertz CT molecular complexity index is 1170. The van der Waals surface area contributed by atoms with E-state index in [1.807, 2.05) is 41.2 Å². The van der Waals surface area contributed by atoms with Gasteiger partial charge in [0.1, 0.15) is 0 Å². The monoisotopic (exact) mass is 409 g/mol. The molecule has 1 aromatic heterocycles. The number of hydrogen-bond donors (Lipinski definition) is 2. The van der Waals surface area contributed by atoms with E-state index in [1.54, 1.807) is 18.2 Å². The van der Waals surface area contributed by atoms with Gasteiger partial charge in [-0.25, -0.2) is 13.1 Å². The number of rotatable bonds is 5. The van der Waals surface area contributed by atoms with E-state index in [9.17, 15) is 18.0 Å². The minimum atomic E-state index is -3.99. The summed E-state index contributed by atoms with van der Waals surface area (Å²) in [7, 11) is -3.99. The van der Waals surface area contributed by atoms with E-state index in [-0.39, 0.29) is 17.2 Å². The number of sulfonamides is 1. The van der Waals surface area contributed by atoms with E-state index in [0.29, 0.717) is 24.1 Å². The molecule has 2 heterocycles. The van der Waals surface area contributed by atoms with Gasteiger partial charge in [-0.3, -0.25) is 9.59 Å². The van der Waals surface area contributed by atoms with E-state index in [4.69, 9.17) is 0 Å². The Hall–Kier alpha value is -3.39. The Morgan fingerprint density at radius 1 is 1.03 bits per heavy atom. The van der Waals surface area contributed by atoms with Gasteiger partial charge >= 0.3 is 0 Å². The topological polar surface area (TPSA) is 97.3 Å². The van der Waals surface area contributed by atoms with Crippen molar-refractivity contribution in [3.63, 3.8) is 0 Å². The molecule has 0 saturated heterocycles. The number of nitrogens with zero attached hydrogens (tertiary/aromatic N) is 1. The first kappa shape index (κ1) is 18.9. The van der Waals surface area contributed by atoms with E-state index in [1.165, 1.54) is 12.1 Å². The summed E-state index contributed by atoms with van der Waals surface area (Å²) in [6.45, 7) is 0. The third kappa shape index (κ3) is 4.22. The molecule has 2 N–H and O–H groups in total. The highest BCUT2D eigenvalue weighted by Gasteiger charge is 2.21. The van der Waals surface area contributed by atoms with Crippen LogP contribution < -0.4 is 10.0 Å². The predicted molar refractivity (Wildman–Crippen MR) is 108 cm³/mol. The molecule has 29 heavy (non-hydrogen) atoms. The van der Waals surface area contributed by atoms with Crippen molar-refractivity contribution in [1.82, 2.24) is 9.29 Å². The van der Waals surface area contributed by atoms with Gasteiger partial charge in [-0.2, -0.15) is 0 Å². The Kier molecular flexibility index (Phi) is 4.94. The SMILES string of the molecule is O=C1CCc2cc(S(=O)(=O)NC(=O)Cc3ccc(-n4cccc4)cc3)ccc2N1. The number of aryl methyl sites for hydroxylation is 1. The second-order valence-corrected chi connectivity index (χ2v) is 8.51. The van der Waals surface area contributed by atoms with E-state index < -0.39 is 15.9 Å². The highest BCUT2D eigenvalue weighted by Crippen LogP contribution is 2.25. The fraction of sp³-hybridized carbons (Fsp3) is 0.143. The van der Waals surface area contributed by atoms with Crippen LogP contribution >= 0.6 is 0 Å². The van der Waals surface area contributed by atoms with Crippen LogP contribution in [0.15, 0.2) is 71.9 Å². The second-order valence-electron chi connectivity index (χ2n) is 6.83. The first-order chi connectivity index (χ1) is 13.9. The lowest BCUT2D eigenvalue weighted by Gasteiger charge is -2.17. The van der Waals surface area contributed by atoms with Crippen molar-refractivity contribution in [2.45, 2.75) is 24.2 Å². The fourth-order valence-corrected chi connectivity index (χ4v) is 4.28. The maximum Gasteiger partial charge on any atom is 0.264 e. The number of hydrogen-bond acceptors (Lipinski definition) is 4. The first-order valence-corrected chi connectivity index (χ1v) is 10.6. The maximum absolute atomic E-state index is 12.6. The van der Waals surface area contributed by atoms with Crippen LogP contribution in [0.5, 0.6) is 0 Å². The molecule has 0 fully saturated rings. The summed E-state index contributed by atoms with van der Waals surface area (Å²) in [5.41, 5.74) is 3.00. The predicted octanol–water partition coefficient (Wildman–Crippen LogP) is 2.41. The van der Waals surface area contributed by atoms with Gasteiger partial charge in [-0.1, -0.05) is 12.1 Å². The molecule has 7 nitrogen and oxygen atoms in total. The zero-order chi connectivity index (χ0) is 20.4. The summed E-state index contributed by atoms with van der Waals surface area (Å²) in [4.78, 5) is 23.7. The lowest BCUT2D eigenvalue weighted by molar-refractivity contribution is -0.119. The van der Waals surface area contributed by atoms with Crippen molar-refractivity contribution in [1.29, 1.82) is 0 Å². The molecule has 1 aliphatic rings. The Morgan fingerprint density at radius 2 is 1.76 bits per heavy atom. The summed E-state index contributed by atoms with van der Waals surface area (Å²) in [6.07, 6.45) is 4.55. The largest absolute Gasteiger partial charge is 0.326 e. The summed E-state index contributed by atoms with van der Waals surface area (Å²) < 4.78 is 29.2. The summed E-state index contributed by atoms with van der Waals surface area (Å²) in [5.74, 6) is -0.700. The van der Waals surface area contributed by atoms with Crippen LogP contribution in [0, 0.1) is 0 Å². The number of benzene rings is 2. The molecule has 0 bridgehead atoms. The normalized spacial score (nSPS) is 13.4. The Labute approximate surface area is 168 Å². The number of amides is 2. The van der Waals surface area contributed by atoms with Crippen molar-refractivity contribution in [2.75, 3.05) is 5.32 Å². The van der Waals surface area contributed by atoms with E-state index in [0.717, 1.165) is 11.3 Å². The van der Waals surface area contributed by atoms with E-state index >= 15 is 0 Å². The van der Waals surface area contributed by atoms with Gasteiger partial charge in [0.05, 0.1) is 11.3 Å². The molecule has 4 rings (SSSR count). The molecule has 0 spiro atoms.